The zero-order valence-corrected chi connectivity index (χ0v) is 9.15. The molecule has 5 heteroatoms. The van der Waals surface area contributed by atoms with Crippen LogP contribution in [0.4, 0.5) is 0 Å². The highest BCUT2D eigenvalue weighted by atomic mass is 16.8. The second-order valence-corrected chi connectivity index (χ2v) is 4.30. The Hall–Kier alpha value is -1.14. The molecule has 1 aromatic heterocycles. The number of aliphatic hydroxyl groups excluding tert-OH is 2. The molecule has 5 nitrogen and oxygen atoms in total. The van der Waals surface area contributed by atoms with E-state index in [9.17, 15) is 10.2 Å². The maximum absolute atomic E-state index is 9.95. The molecule has 17 heavy (non-hydrogen) atoms. The molecule has 0 saturated carbocycles. The van der Waals surface area contributed by atoms with Crippen LogP contribution in [0.25, 0.3) is 0 Å². The van der Waals surface area contributed by atoms with Gasteiger partial charge in [-0.2, -0.15) is 0 Å². The van der Waals surface area contributed by atoms with Crippen molar-refractivity contribution < 1.29 is 24.1 Å². The smallest absolute Gasteiger partial charge is 0.218 e. The number of furan rings is 1. The number of rotatable bonds is 1. The van der Waals surface area contributed by atoms with Crippen LogP contribution in [0.5, 0.6) is 0 Å². The lowest BCUT2D eigenvalue weighted by molar-refractivity contribution is -0.320. The fourth-order valence-corrected chi connectivity index (χ4v) is 2.29. The fraction of sp³-hybridized carbons (Fsp3) is 0.500. The van der Waals surface area contributed by atoms with Crippen LogP contribution >= 0.6 is 0 Å². The van der Waals surface area contributed by atoms with E-state index in [4.69, 9.17) is 13.9 Å². The first kappa shape index (κ1) is 11.0. The molecule has 4 atom stereocenters. The maximum atomic E-state index is 9.95. The van der Waals surface area contributed by atoms with Crippen LogP contribution in [0.2, 0.25) is 0 Å². The highest BCUT2D eigenvalue weighted by Crippen LogP contribution is 2.41. The van der Waals surface area contributed by atoms with Crippen molar-refractivity contribution in [2.75, 3.05) is 0 Å². The van der Waals surface area contributed by atoms with Gasteiger partial charge in [0.15, 0.2) is 6.29 Å². The summed E-state index contributed by atoms with van der Waals surface area (Å²) in [5.74, 6) is -0.538. The first-order valence-corrected chi connectivity index (χ1v) is 5.64. The number of hydrogen-bond donors (Lipinski definition) is 2. The first-order chi connectivity index (χ1) is 8.20. The molecule has 92 valence electrons. The SMILES string of the molecule is OC1C=C[C@@]2(O1)O[C@@H](c1ccco1)CC[C@@H]2O. The molecule has 1 aromatic rings. The van der Waals surface area contributed by atoms with Crippen LogP contribution in [0.1, 0.15) is 24.7 Å². The molecule has 1 fully saturated rings. The van der Waals surface area contributed by atoms with Crippen molar-refractivity contribution in [2.24, 2.45) is 0 Å². The first-order valence-electron chi connectivity index (χ1n) is 5.64. The van der Waals surface area contributed by atoms with E-state index in [1.54, 1.807) is 18.4 Å². The summed E-state index contributed by atoms with van der Waals surface area (Å²) in [6.45, 7) is 0. The quantitative estimate of drug-likeness (QED) is 0.717. The van der Waals surface area contributed by atoms with E-state index in [1.807, 2.05) is 6.07 Å². The molecule has 0 amide bonds. The summed E-state index contributed by atoms with van der Waals surface area (Å²) >= 11 is 0. The average Bonchev–Trinajstić information content (AvgIpc) is 2.93. The second-order valence-electron chi connectivity index (χ2n) is 4.30. The molecule has 0 radical (unpaired) electrons. The normalized spacial score (nSPS) is 41.2. The molecule has 2 aliphatic heterocycles. The van der Waals surface area contributed by atoms with Crippen molar-refractivity contribution >= 4 is 0 Å². The monoisotopic (exact) mass is 238 g/mol. The molecule has 1 saturated heterocycles. The Balaban J connectivity index is 1.83. The third kappa shape index (κ3) is 1.81. The summed E-state index contributed by atoms with van der Waals surface area (Å²) in [6, 6.07) is 3.61. The van der Waals surface area contributed by atoms with Gasteiger partial charge in [-0.15, -0.1) is 0 Å². The Morgan fingerprint density at radius 2 is 2.12 bits per heavy atom. The van der Waals surface area contributed by atoms with Gasteiger partial charge in [0.2, 0.25) is 5.79 Å². The van der Waals surface area contributed by atoms with E-state index >= 15 is 0 Å². The van der Waals surface area contributed by atoms with Crippen LogP contribution < -0.4 is 0 Å². The van der Waals surface area contributed by atoms with Crippen LogP contribution in [0.3, 0.4) is 0 Å². The summed E-state index contributed by atoms with van der Waals surface area (Å²) < 4.78 is 16.3. The molecule has 1 unspecified atom stereocenters. The largest absolute Gasteiger partial charge is 0.467 e. The molecule has 2 N–H and O–H groups in total. The zero-order valence-electron chi connectivity index (χ0n) is 9.15. The summed E-state index contributed by atoms with van der Waals surface area (Å²) in [7, 11) is 0. The lowest BCUT2D eigenvalue weighted by atomic mass is 9.97. The predicted molar refractivity (Wildman–Crippen MR) is 56.7 cm³/mol. The molecule has 0 bridgehead atoms. The highest BCUT2D eigenvalue weighted by Gasteiger charge is 2.48. The Morgan fingerprint density at radius 3 is 2.76 bits per heavy atom. The Bertz CT molecular complexity index is 413. The predicted octanol–water partition coefficient (Wildman–Crippen LogP) is 1.09. The van der Waals surface area contributed by atoms with Crippen molar-refractivity contribution in [3.8, 4) is 0 Å². The molecule has 0 aliphatic carbocycles. The van der Waals surface area contributed by atoms with Crippen LogP contribution in [-0.2, 0) is 9.47 Å². The number of ether oxygens (including phenoxy) is 2. The van der Waals surface area contributed by atoms with E-state index in [2.05, 4.69) is 0 Å². The number of hydrogen-bond acceptors (Lipinski definition) is 5. The van der Waals surface area contributed by atoms with E-state index in [1.165, 1.54) is 6.08 Å². The van der Waals surface area contributed by atoms with Crippen molar-refractivity contribution in [3.63, 3.8) is 0 Å². The standard InChI is InChI=1S/C12H14O5/c13-10-4-3-9(8-2-1-7-15-8)16-12(10)6-5-11(14)17-12/h1-2,5-7,9-11,13-14H,3-4H2/t9-,10+,11?,12+/m1/s1. The molecule has 2 aliphatic rings. The summed E-state index contributed by atoms with van der Waals surface area (Å²) in [5, 5.41) is 19.3. The summed E-state index contributed by atoms with van der Waals surface area (Å²) in [4.78, 5) is 0. The van der Waals surface area contributed by atoms with Gasteiger partial charge in [0.05, 0.1) is 6.26 Å². The molecule has 1 spiro atoms. The third-order valence-electron chi connectivity index (χ3n) is 3.15. The lowest BCUT2D eigenvalue weighted by Gasteiger charge is -2.39. The van der Waals surface area contributed by atoms with Gasteiger partial charge in [-0.05, 0) is 37.1 Å². The summed E-state index contributed by atoms with van der Waals surface area (Å²) in [6.07, 6.45) is 3.74. The minimum Gasteiger partial charge on any atom is -0.467 e. The fourth-order valence-electron chi connectivity index (χ4n) is 2.29. The van der Waals surface area contributed by atoms with Gasteiger partial charge in [-0.25, -0.2) is 0 Å². The number of aliphatic hydroxyl groups is 2. The lowest BCUT2D eigenvalue weighted by Crippen LogP contribution is -2.48. The van der Waals surface area contributed by atoms with Gasteiger partial charge in [0.1, 0.15) is 18.0 Å². The molecular weight excluding hydrogens is 224 g/mol. The third-order valence-corrected chi connectivity index (χ3v) is 3.15. The van der Waals surface area contributed by atoms with Gasteiger partial charge in [0.25, 0.3) is 0 Å². The van der Waals surface area contributed by atoms with Gasteiger partial charge in [-0.1, -0.05) is 0 Å². The Morgan fingerprint density at radius 1 is 1.24 bits per heavy atom. The van der Waals surface area contributed by atoms with Crippen molar-refractivity contribution in [2.45, 2.75) is 37.1 Å². The van der Waals surface area contributed by atoms with E-state index in [-0.39, 0.29) is 6.10 Å². The second kappa shape index (κ2) is 3.96. The summed E-state index contributed by atoms with van der Waals surface area (Å²) in [5.41, 5.74) is 0. The van der Waals surface area contributed by atoms with Crippen LogP contribution in [-0.4, -0.2) is 28.4 Å². The topological polar surface area (TPSA) is 72.1 Å². The maximum Gasteiger partial charge on any atom is 0.218 e. The van der Waals surface area contributed by atoms with E-state index in [0.29, 0.717) is 18.6 Å². The molecular formula is C12H14O5. The molecule has 0 aromatic carbocycles. The average molecular weight is 238 g/mol. The highest BCUT2D eigenvalue weighted by molar-refractivity contribution is 5.12. The van der Waals surface area contributed by atoms with Crippen molar-refractivity contribution in [1.82, 2.24) is 0 Å². The minimum absolute atomic E-state index is 0.261. The van der Waals surface area contributed by atoms with Crippen LogP contribution in [0.15, 0.2) is 35.0 Å². The van der Waals surface area contributed by atoms with E-state index < -0.39 is 18.2 Å². The zero-order chi connectivity index (χ0) is 11.9. The van der Waals surface area contributed by atoms with Crippen molar-refractivity contribution in [1.29, 1.82) is 0 Å². The minimum atomic E-state index is -1.24. The van der Waals surface area contributed by atoms with Gasteiger partial charge in [0, 0.05) is 0 Å². The van der Waals surface area contributed by atoms with Gasteiger partial charge in [-0.3, -0.25) is 0 Å². The van der Waals surface area contributed by atoms with Crippen molar-refractivity contribution in [3.05, 3.63) is 36.3 Å². The van der Waals surface area contributed by atoms with E-state index in [0.717, 1.165) is 0 Å². The molecule has 3 heterocycles. The van der Waals surface area contributed by atoms with Gasteiger partial charge < -0.3 is 24.1 Å². The Labute approximate surface area is 98.3 Å². The molecule has 3 rings (SSSR count). The van der Waals surface area contributed by atoms with Gasteiger partial charge >= 0.3 is 0 Å². The Kier molecular flexibility index (Phi) is 2.56. The van der Waals surface area contributed by atoms with Crippen LogP contribution in [0, 0.1) is 0 Å².